The van der Waals surface area contributed by atoms with Gasteiger partial charge in [0.15, 0.2) is 40.2 Å². The van der Waals surface area contributed by atoms with Gasteiger partial charge in [0.1, 0.15) is 6.61 Å². The van der Waals surface area contributed by atoms with Crippen LogP contribution in [0.5, 0.6) is 17.2 Å². The predicted molar refractivity (Wildman–Crippen MR) is 108 cm³/mol. The van der Waals surface area contributed by atoms with Gasteiger partial charge in [0, 0.05) is 12.3 Å². The topological polar surface area (TPSA) is 58.4 Å². The minimum absolute atomic E-state index is 0.243. The van der Waals surface area contributed by atoms with Gasteiger partial charge in [0.2, 0.25) is 0 Å². The third kappa shape index (κ3) is 4.37. The van der Waals surface area contributed by atoms with Crippen LogP contribution in [-0.2, 0) is 6.54 Å². The molecule has 0 saturated heterocycles. The summed E-state index contributed by atoms with van der Waals surface area (Å²) in [6, 6.07) is 13.9. The number of fused-ring (bicyclic) bond motifs is 1. The molecule has 0 aliphatic carbocycles. The molecule has 0 bridgehead atoms. The van der Waals surface area contributed by atoms with Crippen LogP contribution in [0.1, 0.15) is 11.9 Å². The van der Waals surface area contributed by atoms with Crippen LogP contribution in [0.2, 0.25) is 0 Å². The van der Waals surface area contributed by atoms with E-state index in [0.717, 1.165) is 10.9 Å². The van der Waals surface area contributed by atoms with Gasteiger partial charge in [-0.3, -0.25) is 4.57 Å². The third-order valence-corrected chi connectivity index (χ3v) is 5.19. The van der Waals surface area contributed by atoms with E-state index in [9.17, 15) is 4.39 Å². The Hall–Kier alpha value is -3.00. The van der Waals surface area contributed by atoms with Gasteiger partial charge >= 0.3 is 0 Å². The molecule has 0 amide bonds. The van der Waals surface area contributed by atoms with Gasteiger partial charge in [-0.15, -0.1) is 16.8 Å². The van der Waals surface area contributed by atoms with Gasteiger partial charge in [0.25, 0.3) is 0 Å². The molecule has 4 rings (SSSR count). The molecule has 0 radical (unpaired) electrons. The Balaban J connectivity index is 1.42. The normalized spacial score (nSPS) is 15.1. The number of ether oxygens (including phenoxy) is 3. The number of thioether (sulfide) groups is 1. The highest BCUT2D eigenvalue weighted by atomic mass is 32.2. The number of aromatic nitrogens is 3. The molecule has 8 heteroatoms. The number of allylic oxidation sites excluding steroid dienone is 1. The summed E-state index contributed by atoms with van der Waals surface area (Å²) in [5.74, 6) is 2.55. The Bertz CT molecular complexity index is 995. The first-order valence-corrected chi connectivity index (χ1v) is 10.2. The van der Waals surface area contributed by atoms with E-state index in [1.54, 1.807) is 24.3 Å². The standard InChI is InChI=1S/C21H20FN3O3S/c1-2-11-25-20(19-14-27-17-9-5-6-10-18(17)28-19)23-24-21(25)29-13-12-26-16-8-4-3-7-15(16)22/h2-10,19H,1,11-14H2/t19-/m1/s1. The van der Waals surface area contributed by atoms with Gasteiger partial charge < -0.3 is 14.2 Å². The average molecular weight is 413 g/mol. The second kappa shape index (κ2) is 9.00. The lowest BCUT2D eigenvalue weighted by molar-refractivity contribution is 0.0821. The van der Waals surface area contributed by atoms with Crippen molar-refractivity contribution < 1.29 is 18.6 Å². The van der Waals surface area contributed by atoms with E-state index in [2.05, 4.69) is 16.8 Å². The zero-order valence-electron chi connectivity index (χ0n) is 15.7. The lowest BCUT2D eigenvalue weighted by Gasteiger charge is -2.26. The molecular formula is C21H20FN3O3S. The second-order valence-corrected chi connectivity index (χ2v) is 7.29. The summed E-state index contributed by atoms with van der Waals surface area (Å²) in [7, 11) is 0. The number of halogens is 1. The summed E-state index contributed by atoms with van der Waals surface area (Å²) >= 11 is 1.48. The van der Waals surface area contributed by atoms with Crippen molar-refractivity contribution >= 4 is 11.8 Å². The summed E-state index contributed by atoms with van der Waals surface area (Å²) in [5.41, 5.74) is 0. The van der Waals surface area contributed by atoms with Gasteiger partial charge in [-0.2, -0.15) is 0 Å². The van der Waals surface area contributed by atoms with Crippen LogP contribution in [0, 0.1) is 5.82 Å². The predicted octanol–water partition coefficient (Wildman–Crippen LogP) is 4.29. The Labute approximate surface area is 172 Å². The molecule has 0 unspecified atom stereocenters. The summed E-state index contributed by atoms with van der Waals surface area (Å²) in [4.78, 5) is 0. The zero-order valence-corrected chi connectivity index (χ0v) is 16.5. The highest BCUT2D eigenvalue weighted by Gasteiger charge is 2.28. The quantitative estimate of drug-likeness (QED) is 0.312. The minimum atomic E-state index is -0.371. The van der Waals surface area contributed by atoms with Crippen molar-refractivity contribution in [1.29, 1.82) is 0 Å². The zero-order chi connectivity index (χ0) is 20.1. The van der Waals surface area contributed by atoms with Crippen molar-refractivity contribution in [2.75, 3.05) is 19.0 Å². The van der Waals surface area contributed by atoms with Gasteiger partial charge in [-0.05, 0) is 24.3 Å². The maximum atomic E-state index is 13.6. The van der Waals surface area contributed by atoms with Crippen LogP contribution in [0.3, 0.4) is 0 Å². The smallest absolute Gasteiger partial charge is 0.192 e. The van der Waals surface area contributed by atoms with E-state index in [1.165, 1.54) is 17.8 Å². The number of hydrogen-bond acceptors (Lipinski definition) is 6. The minimum Gasteiger partial charge on any atom is -0.490 e. The molecule has 1 aromatic heterocycles. The third-order valence-electron chi connectivity index (χ3n) is 4.26. The highest BCUT2D eigenvalue weighted by molar-refractivity contribution is 7.99. The lowest BCUT2D eigenvalue weighted by Crippen LogP contribution is -2.25. The molecule has 0 N–H and O–H groups in total. The van der Waals surface area contributed by atoms with Gasteiger partial charge in [0.05, 0.1) is 6.61 Å². The van der Waals surface area contributed by atoms with Crippen LogP contribution in [0.4, 0.5) is 4.39 Å². The molecule has 1 atom stereocenters. The molecule has 6 nitrogen and oxygen atoms in total. The van der Waals surface area contributed by atoms with Crippen LogP contribution in [0.25, 0.3) is 0 Å². The van der Waals surface area contributed by atoms with Crippen LogP contribution in [-0.4, -0.2) is 33.7 Å². The fraction of sp³-hybridized carbons (Fsp3) is 0.238. The Morgan fingerprint density at radius 2 is 1.97 bits per heavy atom. The fourth-order valence-corrected chi connectivity index (χ4v) is 3.71. The van der Waals surface area contributed by atoms with E-state index in [4.69, 9.17) is 14.2 Å². The summed E-state index contributed by atoms with van der Waals surface area (Å²) in [6.45, 7) is 5.06. The van der Waals surface area contributed by atoms with Crippen molar-refractivity contribution in [2.24, 2.45) is 0 Å². The first-order chi connectivity index (χ1) is 14.3. The molecule has 0 fully saturated rings. The monoisotopic (exact) mass is 413 g/mol. The van der Waals surface area contributed by atoms with Crippen LogP contribution >= 0.6 is 11.8 Å². The second-order valence-electron chi connectivity index (χ2n) is 6.23. The van der Waals surface area contributed by atoms with Crippen molar-refractivity contribution in [2.45, 2.75) is 17.8 Å². The molecule has 150 valence electrons. The molecule has 0 saturated carbocycles. The number of nitrogens with zero attached hydrogens (tertiary/aromatic N) is 3. The van der Waals surface area contributed by atoms with Crippen LogP contribution in [0.15, 0.2) is 66.3 Å². The van der Waals surface area contributed by atoms with Crippen molar-refractivity contribution in [3.8, 4) is 17.2 Å². The maximum Gasteiger partial charge on any atom is 0.192 e. The molecule has 1 aliphatic rings. The Morgan fingerprint density at radius 3 is 2.79 bits per heavy atom. The first-order valence-electron chi connectivity index (χ1n) is 9.19. The lowest BCUT2D eigenvalue weighted by atomic mass is 10.2. The maximum absolute atomic E-state index is 13.6. The van der Waals surface area contributed by atoms with Crippen molar-refractivity contribution in [3.05, 3.63) is 72.8 Å². The highest BCUT2D eigenvalue weighted by Crippen LogP contribution is 2.36. The average Bonchev–Trinajstić information content (AvgIpc) is 3.15. The summed E-state index contributed by atoms with van der Waals surface area (Å²) in [6.07, 6.45) is 1.42. The van der Waals surface area contributed by atoms with E-state index in [1.807, 2.05) is 28.8 Å². The van der Waals surface area contributed by atoms with E-state index in [-0.39, 0.29) is 17.7 Å². The molecule has 1 aliphatic heterocycles. The number of rotatable bonds is 8. The number of benzene rings is 2. The SMILES string of the molecule is C=CCn1c(SCCOc2ccccc2F)nnc1[C@H]1COc2ccccc2O1. The molecule has 2 aromatic carbocycles. The van der Waals surface area contributed by atoms with E-state index >= 15 is 0 Å². The number of hydrogen-bond donors (Lipinski definition) is 0. The largest absolute Gasteiger partial charge is 0.490 e. The molecule has 29 heavy (non-hydrogen) atoms. The van der Waals surface area contributed by atoms with Gasteiger partial charge in [-0.1, -0.05) is 42.1 Å². The molecule has 2 heterocycles. The first kappa shape index (κ1) is 19.3. The van der Waals surface area contributed by atoms with Gasteiger partial charge in [-0.25, -0.2) is 4.39 Å². The van der Waals surface area contributed by atoms with E-state index in [0.29, 0.717) is 37.1 Å². The molecular weight excluding hydrogens is 393 g/mol. The number of para-hydroxylation sites is 3. The van der Waals surface area contributed by atoms with E-state index < -0.39 is 0 Å². The fourth-order valence-electron chi connectivity index (χ4n) is 2.94. The van der Waals surface area contributed by atoms with Crippen molar-refractivity contribution in [1.82, 2.24) is 14.8 Å². The summed E-state index contributed by atoms with van der Waals surface area (Å²) < 4.78 is 32.9. The van der Waals surface area contributed by atoms with Crippen molar-refractivity contribution in [3.63, 3.8) is 0 Å². The Morgan fingerprint density at radius 1 is 1.17 bits per heavy atom. The molecule has 0 spiro atoms. The van der Waals surface area contributed by atoms with Crippen LogP contribution < -0.4 is 14.2 Å². The summed E-state index contributed by atoms with van der Waals surface area (Å²) in [5, 5.41) is 9.33. The Kier molecular flexibility index (Phi) is 6.00. The molecule has 3 aromatic rings.